The summed E-state index contributed by atoms with van der Waals surface area (Å²) in [7, 11) is 4.03. The summed E-state index contributed by atoms with van der Waals surface area (Å²) in [6.07, 6.45) is 0.948. The Hall–Kier alpha value is -1.09. The van der Waals surface area contributed by atoms with Crippen LogP contribution in [0.1, 0.15) is 6.42 Å². The summed E-state index contributed by atoms with van der Waals surface area (Å²) in [4.78, 5) is 2.09. The lowest BCUT2D eigenvalue weighted by atomic mass is 10.3. The number of benzene rings is 1. The second-order valence-corrected chi connectivity index (χ2v) is 3.46. The molecule has 0 aliphatic rings. The van der Waals surface area contributed by atoms with Crippen LogP contribution in [0.5, 0.6) is 5.75 Å². The van der Waals surface area contributed by atoms with Crippen molar-refractivity contribution in [2.45, 2.75) is 6.42 Å². The molecule has 0 aliphatic carbocycles. The molecule has 78 valence electrons. The van der Waals surface area contributed by atoms with Crippen LogP contribution >= 0.6 is 0 Å². The molecule has 2 nitrogen and oxygen atoms in total. The van der Waals surface area contributed by atoms with Crippen LogP contribution < -0.4 is 4.74 Å². The fraction of sp³-hybridized carbons (Fsp3) is 0.455. The topological polar surface area (TPSA) is 12.5 Å². The van der Waals surface area contributed by atoms with Crippen molar-refractivity contribution < 1.29 is 9.13 Å². The Morgan fingerprint density at radius 2 is 2.14 bits per heavy atom. The molecule has 1 rings (SSSR count). The van der Waals surface area contributed by atoms with Crippen molar-refractivity contribution in [3.8, 4) is 5.75 Å². The Balaban J connectivity index is 2.25. The molecule has 0 aliphatic heterocycles. The molecule has 1 aromatic rings. The Labute approximate surface area is 84.3 Å². The molecule has 1 aromatic carbocycles. The van der Waals surface area contributed by atoms with Gasteiger partial charge < -0.3 is 9.64 Å². The molecule has 0 fully saturated rings. The third-order valence-corrected chi connectivity index (χ3v) is 1.81. The Morgan fingerprint density at radius 3 is 2.79 bits per heavy atom. The highest BCUT2D eigenvalue weighted by molar-refractivity contribution is 5.22. The zero-order valence-electron chi connectivity index (χ0n) is 8.66. The lowest BCUT2D eigenvalue weighted by Crippen LogP contribution is -2.15. The summed E-state index contributed by atoms with van der Waals surface area (Å²) in [6.45, 7) is 1.61. The van der Waals surface area contributed by atoms with Gasteiger partial charge in [0.25, 0.3) is 0 Å². The lowest BCUT2D eigenvalue weighted by Gasteiger charge is -2.10. The van der Waals surface area contributed by atoms with Gasteiger partial charge in [0.1, 0.15) is 11.6 Å². The van der Waals surface area contributed by atoms with Gasteiger partial charge in [0.05, 0.1) is 6.61 Å². The molecule has 0 spiro atoms. The summed E-state index contributed by atoms with van der Waals surface area (Å²) in [5, 5.41) is 0. The lowest BCUT2D eigenvalue weighted by molar-refractivity contribution is 0.280. The smallest absolute Gasteiger partial charge is 0.126 e. The second kappa shape index (κ2) is 5.60. The first-order chi connectivity index (χ1) is 6.68. The molecule has 14 heavy (non-hydrogen) atoms. The zero-order chi connectivity index (χ0) is 10.4. The minimum Gasteiger partial charge on any atom is -0.493 e. The molecule has 0 radical (unpaired) electrons. The minimum atomic E-state index is -0.255. The number of halogens is 1. The van der Waals surface area contributed by atoms with E-state index >= 15 is 0 Å². The van der Waals surface area contributed by atoms with Crippen molar-refractivity contribution in [2.75, 3.05) is 27.2 Å². The van der Waals surface area contributed by atoms with Crippen molar-refractivity contribution in [3.05, 3.63) is 30.1 Å². The molecular weight excluding hydrogens is 181 g/mol. The van der Waals surface area contributed by atoms with Gasteiger partial charge in [-0.3, -0.25) is 0 Å². The first-order valence-corrected chi connectivity index (χ1v) is 4.71. The second-order valence-electron chi connectivity index (χ2n) is 3.46. The van der Waals surface area contributed by atoms with E-state index in [1.165, 1.54) is 12.1 Å². The highest BCUT2D eigenvalue weighted by atomic mass is 19.1. The number of nitrogens with zero attached hydrogens (tertiary/aromatic N) is 1. The molecule has 0 bridgehead atoms. The van der Waals surface area contributed by atoms with Crippen molar-refractivity contribution >= 4 is 0 Å². The largest absolute Gasteiger partial charge is 0.493 e. The van der Waals surface area contributed by atoms with Gasteiger partial charge >= 0.3 is 0 Å². The first-order valence-electron chi connectivity index (χ1n) is 4.71. The predicted octanol–water partition coefficient (Wildman–Crippen LogP) is 2.16. The summed E-state index contributed by atoms with van der Waals surface area (Å²) in [6, 6.07) is 6.22. The summed E-state index contributed by atoms with van der Waals surface area (Å²) < 4.78 is 18.1. The number of hydrogen-bond acceptors (Lipinski definition) is 2. The van der Waals surface area contributed by atoms with Crippen LogP contribution in [-0.4, -0.2) is 32.1 Å². The molecule has 0 saturated heterocycles. The predicted molar refractivity (Wildman–Crippen MR) is 55.1 cm³/mol. The van der Waals surface area contributed by atoms with E-state index < -0.39 is 0 Å². The van der Waals surface area contributed by atoms with Crippen molar-refractivity contribution in [1.82, 2.24) is 4.90 Å². The van der Waals surface area contributed by atoms with E-state index in [4.69, 9.17) is 4.74 Å². The maximum absolute atomic E-state index is 12.7. The first kappa shape index (κ1) is 11.0. The van der Waals surface area contributed by atoms with Crippen LogP contribution in [0, 0.1) is 5.82 Å². The summed E-state index contributed by atoms with van der Waals surface area (Å²) >= 11 is 0. The van der Waals surface area contributed by atoms with E-state index in [2.05, 4.69) is 4.90 Å². The van der Waals surface area contributed by atoms with E-state index in [0.717, 1.165) is 13.0 Å². The molecule has 0 aromatic heterocycles. The summed E-state index contributed by atoms with van der Waals surface area (Å²) in [5.74, 6) is 0.346. The molecule has 0 amide bonds. The molecule has 0 unspecified atom stereocenters. The van der Waals surface area contributed by atoms with E-state index in [1.54, 1.807) is 12.1 Å². The van der Waals surface area contributed by atoms with Gasteiger partial charge in [-0.1, -0.05) is 6.07 Å². The SMILES string of the molecule is CN(C)CCCOc1cccc(F)c1. The van der Waals surface area contributed by atoms with Gasteiger partial charge in [0.2, 0.25) is 0 Å². The normalized spacial score (nSPS) is 10.6. The van der Waals surface area contributed by atoms with Gasteiger partial charge in [-0.25, -0.2) is 4.39 Å². The van der Waals surface area contributed by atoms with Crippen molar-refractivity contribution in [3.63, 3.8) is 0 Å². The average molecular weight is 197 g/mol. The fourth-order valence-electron chi connectivity index (χ4n) is 1.13. The highest BCUT2D eigenvalue weighted by Gasteiger charge is 1.96. The van der Waals surface area contributed by atoms with E-state index in [9.17, 15) is 4.39 Å². The van der Waals surface area contributed by atoms with Gasteiger partial charge in [-0.15, -0.1) is 0 Å². The number of hydrogen-bond donors (Lipinski definition) is 0. The van der Waals surface area contributed by atoms with E-state index in [0.29, 0.717) is 12.4 Å². The summed E-state index contributed by atoms with van der Waals surface area (Å²) in [5.41, 5.74) is 0. The average Bonchev–Trinajstić information content (AvgIpc) is 2.12. The van der Waals surface area contributed by atoms with Gasteiger partial charge in [-0.05, 0) is 32.6 Å². The van der Waals surface area contributed by atoms with Gasteiger partial charge in [-0.2, -0.15) is 0 Å². The van der Waals surface area contributed by atoms with E-state index in [1.807, 2.05) is 14.1 Å². The quantitative estimate of drug-likeness (QED) is 0.671. The standard InChI is InChI=1S/C11H16FNO/c1-13(2)7-4-8-14-11-6-3-5-10(12)9-11/h3,5-6,9H,4,7-8H2,1-2H3. The molecule has 3 heteroatoms. The van der Waals surface area contributed by atoms with Crippen molar-refractivity contribution in [2.24, 2.45) is 0 Å². The maximum atomic E-state index is 12.7. The molecule has 0 saturated carbocycles. The third-order valence-electron chi connectivity index (χ3n) is 1.81. The highest BCUT2D eigenvalue weighted by Crippen LogP contribution is 2.11. The molecule has 0 N–H and O–H groups in total. The number of rotatable bonds is 5. The van der Waals surface area contributed by atoms with Crippen LogP contribution in [0.15, 0.2) is 24.3 Å². The van der Waals surface area contributed by atoms with Crippen LogP contribution in [0.2, 0.25) is 0 Å². The Bertz CT molecular complexity index is 276. The number of ether oxygens (including phenoxy) is 1. The monoisotopic (exact) mass is 197 g/mol. The van der Waals surface area contributed by atoms with E-state index in [-0.39, 0.29) is 5.82 Å². The maximum Gasteiger partial charge on any atom is 0.126 e. The van der Waals surface area contributed by atoms with Crippen LogP contribution in [-0.2, 0) is 0 Å². The molecule has 0 heterocycles. The van der Waals surface area contributed by atoms with Crippen LogP contribution in [0.3, 0.4) is 0 Å². The Kier molecular flexibility index (Phi) is 4.40. The van der Waals surface area contributed by atoms with Crippen LogP contribution in [0.25, 0.3) is 0 Å². The third kappa shape index (κ3) is 4.23. The van der Waals surface area contributed by atoms with Gasteiger partial charge in [0.15, 0.2) is 0 Å². The molecule has 0 atom stereocenters. The van der Waals surface area contributed by atoms with Crippen molar-refractivity contribution in [1.29, 1.82) is 0 Å². The molecular formula is C11H16FNO. The van der Waals surface area contributed by atoms with Gasteiger partial charge in [0, 0.05) is 12.6 Å². The van der Waals surface area contributed by atoms with Crippen LogP contribution in [0.4, 0.5) is 4.39 Å². The fourth-order valence-corrected chi connectivity index (χ4v) is 1.13. The zero-order valence-corrected chi connectivity index (χ0v) is 8.66. The Morgan fingerprint density at radius 1 is 1.36 bits per heavy atom. The minimum absolute atomic E-state index is 0.255.